The largest absolute Gasteiger partial charge is 0.467 e. The summed E-state index contributed by atoms with van der Waals surface area (Å²) in [5.41, 5.74) is 0. The second kappa shape index (κ2) is 8.37. The minimum atomic E-state index is -0.372. The van der Waals surface area contributed by atoms with Crippen LogP contribution < -0.4 is 5.32 Å². The Morgan fingerprint density at radius 2 is 2.26 bits per heavy atom. The van der Waals surface area contributed by atoms with Gasteiger partial charge in [0.1, 0.15) is 18.0 Å². The van der Waals surface area contributed by atoms with E-state index in [4.69, 9.17) is 9.15 Å². The number of ether oxygens (including phenoxy) is 1. The maximum absolute atomic E-state index is 11.7. The van der Waals surface area contributed by atoms with Gasteiger partial charge in [-0.25, -0.2) is 0 Å². The highest BCUT2D eigenvalue weighted by atomic mass is 32.2. The van der Waals surface area contributed by atoms with Crippen molar-refractivity contribution in [3.63, 3.8) is 0 Å². The summed E-state index contributed by atoms with van der Waals surface area (Å²) < 4.78 is 12.0. The Bertz CT molecular complexity index is 654. The first-order valence-corrected chi connectivity index (χ1v) is 8.06. The van der Waals surface area contributed by atoms with Crippen molar-refractivity contribution in [2.75, 3.05) is 19.4 Å². The summed E-state index contributed by atoms with van der Waals surface area (Å²) in [7, 11) is 1.57. The van der Waals surface area contributed by atoms with Gasteiger partial charge in [0.25, 0.3) is 0 Å². The summed E-state index contributed by atoms with van der Waals surface area (Å²) >= 11 is 1.25. The molecule has 9 heteroatoms. The lowest BCUT2D eigenvalue weighted by atomic mass is 10.4. The molecule has 0 spiro atoms. The molecule has 124 valence electrons. The number of amides is 1. The minimum absolute atomic E-state index is 0.0160. The van der Waals surface area contributed by atoms with Crippen molar-refractivity contribution in [1.29, 1.82) is 0 Å². The number of carbonyl (C=O) groups excluding carboxylic acids is 2. The second-order valence-electron chi connectivity index (χ2n) is 4.51. The number of furan rings is 1. The Morgan fingerprint density at radius 3 is 2.91 bits per heavy atom. The number of rotatable bonds is 8. The van der Waals surface area contributed by atoms with Crippen LogP contribution in [0.15, 0.2) is 28.0 Å². The van der Waals surface area contributed by atoms with E-state index in [0.29, 0.717) is 29.9 Å². The molecule has 0 aliphatic rings. The fourth-order valence-corrected chi connectivity index (χ4v) is 2.65. The predicted molar refractivity (Wildman–Crippen MR) is 83.0 cm³/mol. The SMILES string of the molecule is CCOC(=O)Cc1nnc(SCC(=O)NC)n1Cc1ccco1. The second-order valence-corrected chi connectivity index (χ2v) is 5.45. The fourth-order valence-electron chi connectivity index (χ4n) is 1.82. The van der Waals surface area contributed by atoms with Crippen LogP contribution in [0.5, 0.6) is 0 Å². The number of esters is 1. The smallest absolute Gasteiger partial charge is 0.313 e. The number of aromatic nitrogens is 3. The highest BCUT2D eigenvalue weighted by Crippen LogP contribution is 2.19. The quantitative estimate of drug-likeness (QED) is 0.563. The van der Waals surface area contributed by atoms with E-state index in [2.05, 4.69) is 15.5 Å². The van der Waals surface area contributed by atoms with E-state index in [1.54, 1.807) is 30.9 Å². The van der Waals surface area contributed by atoms with Gasteiger partial charge >= 0.3 is 5.97 Å². The molecular weight excluding hydrogens is 320 g/mol. The van der Waals surface area contributed by atoms with E-state index in [0.717, 1.165) is 0 Å². The van der Waals surface area contributed by atoms with Crippen LogP contribution in [0.25, 0.3) is 0 Å². The van der Waals surface area contributed by atoms with Gasteiger partial charge in [-0.3, -0.25) is 14.2 Å². The third kappa shape index (κ3) is 4.85. The van der Waals surface area contributed by atoms with Crippen LogP contribution in [0.3, 0.4) is 0 Å². The van der Waals surface area contributed by atoms with Crippen molar-refractivity contribution < 1.29 is 18.7 Å². The molecule has 2 aromatic heterocycles. The Labute approximate surface area is 137 Å². The molecule has 2 aromatic rings. The summed E-state index contributed by atoms with van der Waals surface area (Å²) in [6.45, 7) is 2.43. The van der Waals surface area contributed by atoms with E-state index in [-0.39, 0.29) is 24.1 Å². The number of nitrogens with zero attached hydrogens (tertiary/aromatic N) is 3. The molecule has 0 bridgehead atoms. The standard InChI is InChI=1S/C14H18N4O4S/c1-3-21-13(20)7-11-16-17-14(23-9-12(19)15-2)18(11)8-10-5-4-6-22-10/h4-6H,3,7-9H2,1-2H3,(H,15,19). The third-order valence-electron chi connectivity index (χ3n) is 2.91. The zero-order valence-electron chi connectivity index (χ0n) is 12.9. The summed E-state index contributed by atoms with van der Waals surface area (Å²) in [6, 6.07) is 3.60. The molecule has 0 radical (unpaired) electrons. The van der Waals surface area contributed by atoms with Crippen LogP contribution in [0.4, 0.5) is 0 Å². The summed E-state index contributed by atoms with van der Waals surface area (Å²) in [6.07, 6.45) is 1.59. The number of hydrogen-bond acceptors (Lipinski definition) is 7. The first-order valence-electron chi connectivity index (χ1n) is 7.07. The highest BCUT2D eigenvalue weighted by Gasteiger charge is 2.18. The van der Waals surface area contributed by atoms with Crippen molar-refractivity contribution in [2.45, 2.75) is 25.0 Å². The van der Waals surface area contributed by atoms with Crippen LogP contribution >= 0.6 is 11.8 Å². The molecule has 0 aromatic carbocycles. The highest BCUT2D eigenvalue weighted by molar-refractivity contribution is 7.99. The van der Waals surface area contributed by atoms with E-state index in [1.807, 2.05) is 6.07 Å². The zero-order chi connectivity index (χ0) is 16.7. The first kappa shape index (κ1) is 17.1. The van der Waals surface area contributed by atoms with Gasteiger partial charge < -0.3 is 14.5 Å². The molecule has 0 unspecified atom stereocenters. The molecule has 0 saturated carbocycles. The van der Waals surface area contributed by atoms with Gasteiger partial charge in [0.15, 0.2) is 5.16 Å². The van der Waals surface area contributed by atoms with Gasteiger partial charge in [0, 0.05) is 7.05 Å². The zero-order valence-corrected chi connectivity index (χ0v) is 13.8. The Balaban J connectivity index is 2.18. The maximum Gasteiger partial charge on any atom is 0.313 e. The summed E-state index contributed by atoms with van der Waals surface area (Å²) in [4.78, 5) is 23.1. The van der Waals surface area contributed by atoms with Crippen LogP contribution in [-0.2, 0) is 27.3 Å². The fraction of sp³-hybridized carbons (Fsp3) is 0.429. The Hall–Kier alpha value is -2.29. The lowest BCUT2D eigenvalue weighted by Gasteiger charge is -2.08. The molecule has 0 atom stereocenters. The van der Waals surface area contributed by atoms with Crippen LogP contribution in [0, 0.1) is 0 Å². The van der Waals surface area contributed by atoms with Crippen molar-refractivity contribution in [3.8, 4) is 0 Å². The van der Waals surface area contributed by atoms with Gasteiger partial charge in [-0.05, 0) is 19.1 Å². The van der Waals surface area contributed by atoms with E-state index >= 15 is 0 Å². The lowest BCUT2D eigenvalue weighted by molar-refractivity contribution is -0.142. The van der Waals surface area contributed by atoms with E-state index < -0.39 is 0 Å². The summed E-state index contributed by atoms with van der Waals surface area (Å²) in [5, 5.41) is 11.2. The van der Waals surface area contributed by atoms with Gasteiger partial charge in [0.2, 0.25) is 5.91 Å². The normalized spacial score (nSPS) is 10.5. The van der Waals surface area contributed by atoms with Crippen molar-refractivity contribution in [3.05, 3.63) is 30.0 Å². The Kier molecular flexibility index (Phi) is 6.21. The molecule has 8 nitrogen and oxygen atoms in total. The molecule has 1 N–H and O–H groups in total. The monoisotopic (exact) mass is 338 g/mol. The topological polar surface area (TPSA) is 99.3 Å². The number of hydrogen-bond donors (Lipinski definition) is 1. The number of nitrogens with one attached hydrogen (secondary N) is 1. The lowest BCUT2D eigenvalue weighted by Crippen LogP contribution is -2.20. The van der Waals surface area contributed by atoms with Crippen molar-refractivity contribution in [2.24, 2.45) is 0 Å². The molecule has 0 fully saturated rings. The van der Waals surface area contributed by atoms with Gasteiger partial charge in [-0.15, -0.1) is 10.2 Å². The maximum atomic E-state index is 11.7. The summed E-state index contributed by atoms with van der Waals surface area (Å²) in [5.74, 6) is 0.903. The van der Waals surface area contributed by atoms with E-state index in [1.165, 1.54) is 11.8 Å². The molecule has 2 rings (SSSR count). The van der Waals surface area contributed by atoms with Crippen LogP contribution in [0.1, 0.15) is 18.5 Å². The molecule has 23 heavy (non-hydrogen) atoms. The third-order valence-corrected chi connectivity index (χ3v) is 3.87. The van der Waals surface area contributed by atoms with Gasteiger partial charge in [-0.2, -0.15) is 0 Å². The number of thioether (sulfide) groups is 1. The van der Waals surface area contributed by atoms with E-state index in [9.17, 15) is 9.59 Å². The molecule has 1 amide bonds. The average Bonchev–Trinajstić information content (AvgIpc) is 3.17. The molecule has 0 aliphatic heterocycles. The van der Waals surface area contributed by atoms with Crippen LogP contribution in [-0.4, -0.2) is 46.0 Å². The molecule has 2 heterocycles. The number of carbonyl (C=O) groups is 2. The van der Waals surface area contributed by atoms with Crippen molar-refractivity contribution in [1.82, 2.24) is 20.1 Å². The molecule has 0 saturated heterocycles. The molecular formula is C14H18N4O4S. The predicted octanol–water partition coefficient (Wildman–Crippen LogP) is 0.863. The van der Waals surface area contributed by atoms with Crippen molar-refractivity contribution >= 4 is 23.6 Å². The average molecular weight is 338 g/mol. The van der Waals surface area contributed by atoms with Gasteiger partial charge in [0.05, 0.1) is 25.2 Å². The van der Waals surface area contributed by atoms with Gasteiger partial charge in [-0.1, -0.05) is 11.8 Å². The van der Waals surface area contributed by atoms with Crippen LogP contribution in [0.2, 0.25) is 0 Å². The minimum Gasteiger partial charge on any atom is -0.467 e. The molecule has 0 aliphatic carbocycles. The Morgan fingerprint density at radius 1 is 1.43 bits per heavy atom. The first-order chi connectivity index (χ1) is 11.1.